The lowest BCUT2D eigenvalue weighted by Gasteiger charge is -2.33. The molecule has 0 radical (unpaired) electrons. The van der Waals surface area contributed by atoms with E-state index in [2.05, 4.69) is 26.8 Å². The van der Waals surface area contributed by atoms with Crippen LogP contribution >= 0.6 is 23.4 Å². The number of rotatable bonds is 5. The third-order valence-electron chi connectivity index (χ3n) is 5.06. The lowest BCUT2D eigenvalue weighted by molar-refractivity contribution is -0.132. The quantitative estimate of drug-likeness (QED) is 0.432. The minimum Gasteiger partial charge on any atom is -0.369 e. The molecule has 2 amide bonds. The summed E-state index contributed by atoms with van der Waals surface area (Å²) >= 11 is 7.46. The standard InChI is InChI=1S/C17H25ClN6O2S/c1-22-6-8-23(9-7-22)14-10-13(18)20-17(21-14)27-11-15(25)24-4-2-12(3-5-24)16(19)26/h10,12H,2-9,11H2,1H3,(H2,19,26). The van der Waals surface area contributed by atoms with Crippen LogP contribution in [-0.2, 0) is 9.59 Å². The third kappa shape index (κ3) is 5.46. The molecular weight excluding hydrogens is 388 g/mol. The minimum atomic E-state index is -0.278. The van der Waals surface area contributed by atoms with Crippen molar-refractivity contribution in [1.29, 1.82) is 0 Å². The Balaban J connectivity index is 1.55. The summed E-state index contributed by atoms with van der Waals surface area (Å²) in [4.78, 5) is 38.7. The fourth-order valence-corrected chi connectivity index (χ4v) is 4.26. The van der Waals surface area contributed by atoms with E-state index < -0.39 is 0 Å². The maximum absolute atomic E-state index is 12.4. The van der Waals surface area contributed by atoms with Gasteiger partial charge in [0.2, 0.25) is 11.8 Å². The summed E-state index contributed by atoms with van der Waals surface area (Å²) in [5.41, 5.74) is 5.34. The molecule has 0 bridgehead atoms. The summed E-state index contributed by atoms with van der Waals surface area (Å²) in [6.07, 6.45) is 1.26. The van der Waals surface area contributed by atoms with Crippen LogP contribution in [0.5, 0.6) is 0 Å². The molecule has 2 N–H and O–H groups in total. The van der Waals surface area contributed by atoms with E-state index in [1.165, 1.54) is 11.8 Å². The van der Waals surface area contributed by atoms with Crippen LogP contribution in [0.2, 0.25) is 5.15 Å². The van der Waals surface area contributed by atoms with Crippen molar-refractivity contribution in [2.45, 2.75) is 18.0 Å². The largest absolute Gasteiger partial charge is 0.369 e. The Bertz CT molecular complexity index is 690. The highest BCUT2D eigenvalue weighted by Gasteiger charge is 2.26. The average molecular weight is 413 g/mol. The highest BCUT2D eigenvalue weighted by molar-refractivity contribution is 7.99. The number of carbonyl (C=O) groups excluding carboxylic acids is 2. The summed E-state index contributed by atoms with van der Waals surface area (Å²) in [6, 6.07) is 1.77. The van der Waals surface area contributed by atoms with Gasteiger partial charge in [0, 0.05) is 51.3 Å². The van der Waals surface area contributed by atoms with Crippen molar-refractivity contribution < 1.29 is 9.59 Å². The lowest BCUT2D eigenvalue weighted by atomic mass is 9.96. The first-order chi connectivity index (χ1) is 12.9. The first kappa shape index (κ1) is 20.2. The van der Waals surface area contributed by atoms with Crippen LogP contribution in [-0.4, -0.2) is 83.7 Å². The molecule has 0 unspecified atom stereocenters. The number of aromatic nitrogens is 2. The Morgan fingerprint density at radius 2 is 1.85 bits per heavy atom. The van der Waals surface area contributed by atoms with Gasteiger partial charge in [0.05, 0.1) is 5.75 Å². The van der Waals surface area contributed by atoms with Gasteiger partial charge < -0.3 is 20.4 Å². The van der Waals surface area contributed by atoms with Gasteiger partial charge in [-0.05, 0) is 19.9 Å². The number of primary amides is 1. The second-order valence-corrected chi connectivity index (χ2v) is 8.30. The van der Waals surface area contributed by atoms with Crippen molar-refractivity contribution in [1.82, 2.24) is 19.8 Å². The average Bonchev–Trinajstić information content (AvgIpc) is 2.66. The Kier molecular flexibility index (Phi) is 6.78. The molecule has 0 saturated carbocycles. The van der Waals surface area contributed by atoms with Crippen molar-refractivity contribution in [2.75, 3.05) is 57.0 Å². The monoisotopic (exact) mass is 412 g/mol. The molecule has 1 aromatic rings. The van der Waals surface area contributed by atoms with E-state index in [1.54, 1.807) is 11.0 Å². The van der Waals surface area contributed by atoms with Gasteiger partial charge in [-0.15, -0.1) is 0 Å². The van der Waals surface area contributed by atoms with Gasteiger partial charge in [-0.3, -0.25) is 9.59 Å². The van der Waals surface area contributed by atoms with Crippen molar-refractivity contribution in [2.24, 2.45) is 11.7 Å². The number of piperidine rings is 1. The first-order valence-corrected chi connectivity index (χ1v) is 10.5. The number of piperazine rings is 1. The summed E-state index contributed by atoms with van der Waals surface area (Å²) in [6.45, 7) is 4.86. The van der Waals surface area contributed by atoms with Crippen LogP contribution in [0.4, 0.5) is 5.82 Å². The van der Waals surface area contributed by atoms with Gasteiger partial charge in [0.25, 0.3) is 0 Å². The molecule has 3 rings (SSSR count). The number of amides is 2. The van der Waals surface area contributed by atoms with Crippen molar-refractivity contribution in [3.8, 4) is 0 Å². The van der Waals surface area contributed by atoms with Crippen LogP contribution in [0.1, 0.15) is 12.8 Å². The zero-order valence-electron chi connectivity index (χ0n) is 15.4. The van der Waals surface area contributed by atoms with Crippen molar-refractivity contribution in [3.05, 3.63) is 11.2 Å². The molecule has 148 valence electrons. The van der Waals surface area contributed by atoms with Gasteiger partial charge in [-0.1, -0.05) is 23.4 Å². The Hall–Kier alpha value is -1.58. The molecule has 0 atom stereocenters. The van der Waals surface area contributed by atoms with E-state index in [0.717, 1.165) is 32.0 Å². The van der Waals surface area contributed by atoms with Gasteiger partial charge >= 0.3 is 0 Å². The van der Waals surface area contributed by atoms with Crippen LogP contribution in [0.25, 0.3) is 0 Å². The van der Waals surface area contributed by atoms with Crippen LogP contribution in [0.15, 0.2) is 11.2 Å². The zero-order chi connectivity index (χ0) is 19.4. The first-order valence-electron chi connectivity index (χ1n) is 9.10. The summed E-state index contributed by atoms with van der Waals surface area (Å²) < 4.78 is 0. The van der Waals surface area contributed by atoms with E-state index in [9.17, 15) is 9.59 Å². The van der Waals surface area contributed by atoms with Gasteiger partial charge in [0.1, 0.15) is 11.0 Å². The second kappa shape index (κ2) is 9.07. The van der Waals surface area contributed by atoms with E-state index >= 15 is 0 Å². The van der Waals surface area contributed by atoms with E-state index in [0.29, 0.717) is 36.2 Å². The maximum Gasteiger partial charge on any atom is 0.233 e. The number of carbonyl (C=O) groups is 2. The fourth-order valence-electron chi connectivity index (χ4n) is 3.28. The predicted molar refractivity (Wildman–Crippen MR) is 106 cm³/mol. The van der Waals surface area contributed by atoms with Crippen LogP contribution in [0.3, 0.4) is 0 Å². The molecule has 3 heterocycles. The number of likely N-dealkylation sites (tertiary alicyclic amines) is 1. The number of nitrogens with zero attached hydrogens (tertiary/aromatic N) is 5. The van der Waals surface area contributed by atoms with Crippen LogP contribution in [0, 0.1) is 5.92 Å². The number of halogens is 1. The third-order valence-corrected chi connectivity index (χ3v) is 6.09. The Labute approximate surface area is 168 Å². The van der Waals surface area contributed by atoms with E-state index in [1.807, 2.05) is 0 Å². The topological polar surface area (TPSA) is 95.7 Å². The fraction of sp³-hybridized carbons (Fsp3) is 0.647. The molecule has 27 heavy (non-hydrogen) atoms. The number of thioether (sulfide) groups is 1. The van der Waals surface area contributed by atoms with Crippen molar-refractivity contribution in [3.63, 3.8) is 0 Å². The summed E-state index contributed by atoms with van der Waals surface area (Å²) in [7, 11) is 2.10. The minimum absolute atomic E-state index is 0.0210. The number of hydrogen-bond acceptors (Lipinski definition) is 7. The molecule has 2 aliphatic heterocycles. The normalized spacial score (nSPS) is 19.3. The number of likely N-dealkylation sites (N-methyl/N-ethyl adjacent to an activating group) is 1. The van der Waals surface area contributed by atoms with E-state index in [-0.39, 0.29) is 23.5 Å². The molecule has 1 aromatic heterocycles. The highest BCUT2D eigenvalue weighted by atomic mass is 35.5. The molecule has 10 heteroatoms. The Morgan fingerprint density at radius 3 is 2.48 bits per heavy atom. The number of nitrogens with two attached hydrogens (primary N) is 1. The molecule has 0 aliphatic carbocycles. The molecule has 2 saturated heterocycles. The molecular formula is C17H25ClN6O2S. The Morgan fingerprint density at radius 1 is 1.19 bits per heavy atom. The van der Waals surface area contributed by atoms with Gasteiger partial charge in [-0.25, -0.2) is 9.97 Å². The maximum atomic E-state index is 12.4. The zero-order valence-corrected chi connectivity index (χ0v) is 17.0. The smallest absolute Gasteiger partial charge is 0.233 e. The molecule has 0 aromatic carbocycles. The summed E-state index contributed by atoms with van der Waals surface area (Å²) in [5.74, 6) is 0.682. The van der Waals surface area contributed by atoms with Crippen molar-refractivity contribution >= 4 is 41.0 Å². The van der Waals surface area contributed by atoms with E-state index in [4.69, 9.17) is 17.3 Å². The molecule has 2 fully saturated rings. The molecule has 2 aliphatic rings. The summed E-state index contributed by atoms with van der Waals surface area (Å²) in [5, 5.41) is 0.896. The lowest BCUT2D eigenvalue weighted by Crippen LogP contribution is -2.44. The molecule has 0 spiro atoms. The number of hydrogen-bond donors (Lipinski definition) is 1. The van der Waals surface area contributed by atoms with Gasteiger partial charge in [0.15, 0.2) is 5.16 Å². The highest BCUT2D eigenvalue weighted by Crippen LogP contribution is 2.24. The molecule has 8 nitrogen and oxygen atoms in total. The van der Waals surface area contributed by atoms with Crippen LogP contribution < -0.4 is 10.6 Å². The van der Waals surface area contributed by atoms with Gasteiger partial charge in [-0.2, -0.15) is 0 Å². The SMILES string of the molecule is CN1CCN(c2cc(Cl)nc(SCC(=O)N3CCC(C(N)=O)CC3)n2)CC1. The predicted octanol–water partition coefficient (Wildman–Crippen LogP) is 0.698. The number of anilines is 1. The second-order valence-electron chi connectivity index (χ2n) is 6.97.